The van der Waals surface area contributed by atoms with Crippen molar-refractivity contribution in [2.75, 3.05) is 13.2 Å². The molecule has 0 aliphatic heterocycles. The summed E-state index contributed by atoms with van der Waals surface area (Å²) in [5.74, 6) is 0.205. The molecule has 1 N–H and O–H groups in total. The Labute approximate surface area is 96.5 Å². The number of aryl methyl sites for hydroxylation is 1. The summed E-state index contributed by atoms with van der Waals surface area (Å²) in [6, 6.07) is 4.07. The van der Waals surface area contributed by atoms with Gasteiger partial charge in [-0.15, -0.1) is 0 Å². The molecule has 0 aromatic carbocycles. The Bertz CT molecular complexity index is 340. The molecule has 0 saturated carbocycles. The standard InChI is InChI=1S/C13H19NO2/c1-2-16-9-7-12(15)11-6-5-10-4-3-8-14-13(10)11/h3-4,8,11-12,15H,2,5-7,9H2,1H3. The highest BCUT2D eigenvalue weighted by atomic mass is 16.5. The molecule has 0 saturated heterocycles. The number of aliphatic hydroxyl groups is 1. The van der Waals surface area contributed by atoms with Crippen LogP contribution in [0.2, 0.25) is 0 Å². The minimum absolute atomic E-state index is 0.205. The van der Waals surface area contributed by atoms with E-state index < -0.39 is 0 Å². The van der Waals surface area contributed by atoms with Crippen LogP contribution in [0.5, 0.6) is 0 Å². The average molecular weight is 221 g/mol. The zero-order chi connectivity index (χ0) is 11.4. The van der Waals surface area contributed by atoms with E-state index in [2.05, 4.69) is 11.1 Å². The minimum Gasteiger partial charge on any atom is -0.392 e. The fourth-order valence-electron chi connectivity index (χ4n) is 2.37. The second-order valence-corrected chi connectivity index (χ2v) is 4.25. The molecular weight excluding hydrogens is 202 g/mol. The molecule has 88 valence electrons. The summed E-state index contributed by atoms with van der Waals surface area (Å²) in [6.07, 6.45) is 4.25. The monoisotopic (exact) mass is 221 g/mol. The lowest BCUT2D eigenvalue weighted by Gasteiger charge is -2.18. The molecule has 1 heterocycles. The first-order valence-corrected chi connectivity index (χ1v) is 6.02. The molecule has 1 aliphatic rings. The molecule has 1 aromatic rings. The fourth-order valence-corrected chi connectivity index (χ4v) is 2.37. The molecule has 0 radical (unpaired) electrons. The third-order valence-electron chi connectivity index (χ3n) is 3.23. The summed E-state index contributed by atoms with van der Waals surface area (Å²) in [5, 5.41) is 10.1. The fraction of sp³-hybridized carbons (Fsp3) is 0.615. The van der Waals surface area contributed by atoms with Gasteiger partial charge in [0.05, 0.1) is 6.10 Å². The predicted molar refractivity (Wildman–Crippen MR) is 62.4 cm³/mol. The Balaban J connectivity index is 1.96. The normalized spacial score (nSPS) is 20.8. The first-order chi connectivity index (χ1) is 7.83. The summed E-state index contributed by atoms with van der Waals surface area (Å²) in [6.45, 7) is 3.32. The van der Waals surface area contributed by atoms with Gasteiger partial charge in [-0.1, -0.05) is 6.07 Å². The molecule has 0 bridgehead atoms. The zero-order valence-corrected chi connectivity index (χ0v) is 9.72. The highest BCUT2D eigenvalue weighted by molar-refractivity contribution is 5.29. The highest BCUT2D eigenvalue weighted by Crippen LogP contribution is 2.34. The Hall–Kier alpha value is -0.930. The van der Waals surface area contributed by atoms with E-state index in [1.807, 2.05) is 19.2 Å². The SMILES string of the molecule is CCOCCC(O)C1CCc2cccnc21. The van der Waals surface area contributed by atoms with Crippen molar-refractivity contribution in [1.82, 2.24) is 4.98 Å². The van der Waals surface area contributed by atoms with E-state index in [9.17, 15) is 5.11 Å². The van der Waals surface area contributed by atoms with Gasteiger partial charge in [-0.3, -0.25) is 4.98 Å². The number of aromatic nitrogens is 1. The van der Waals surface area contributed by atoms with Crippen LogP contribution in [-0.4, -0.2) is 29.4 Å². The number of hydrogen-bond donors (Lipinski definition) is 1. The average Bonchev–Trinajstić information content (AvgIpc) is 2.73. The Morgan fingerprint density at radius 3 is 3.31 bits per heavy atom. The molecule has 3 nitrogen and oxygen atoms in total. The van der Waals surface area contributed by atoms with E-state index >= 15 is 0 Å². The van der Waals surface area contributed by atoms with Gasteiger partial charge in [0.15, 0.2) is 0 Å². The van der Waals surface area contributed by atoms with Gasteiger partial charge in [-0.2, -0.15) is 0 Å². The first-order valence-electron chi connectivity index (χ1n) is 6.02. The molecule has 1 aromatic heterocycles. The van der Waals surface area contributed by atoms with Crippen molar-refractivity contribution in [3.63, 3.8) is 0 Å². The van der Waals surface area contributed by atoms with Crippen LogP contribution < -0.4 is 0 Å². The van der Waals surface area contributed by atoms with Gasteiger partial charge in [0.2, 0.25) is 0 Å². The van der Waals surface area contributed by atoms with Gasteiger partial charge in [-0.25, -0.2) is 0 Å². The summed E-state index contributed by atoms with van der Waals surface area (Å²) >= 11 is 0. The van der Waals surface area contributed by atoms with E-state index in [0.29, 0.717) is 19.6 Å². The molecule has 0 fully saturated rings. The molecule has 2 rings (SSSR count). The predicted octanol–water partition coefficient (Wildman–Crippen LogP) is 1.90. The number of ether oxygens (including phenoxy) is 1. The van der Waals surface area contributed by atoms with Gasteiger partial charge in [-0.05, 0) is 37.8 Å². The third kappa shape index (κ3) is 2.42. The van der Waals surface area contributed by atoms with Crippen LogP contribution in [0.4, 0.5) is 0 Å². The number of aliphatic hydroxyl groups excluding tert-OH is 1. The summed E-state index contributed by atoms with van der Waals surface area (Å²) in [7, 11) is 0. The minimum atomic E-state index is -0.317. The van der Waals surface area contributed by atoms with Crippen LogP contribution in [-0.2, 0) is 11.2 Å². The quantitative estimate of drug-likeness (QED) is 0.772. The number of hydrogen-bond acceptors (Lipinski definition) is 3. The number of rotatable bonds is 5. The number of nitrogens with zero attached hydrogens (tertiary/aromatic N) is 1. The molecule has 3 heteroatoms. The van der Waals surface area contributed by atoms with Crippen molar-refractivity contribution in [3.8, 4) is 0 Å². The van der Waals surface area contributed by atoms with Crippen LogP contribution in [0.1, 0.15) is 36.9 Å². The van der Waals surface area contributed by atoms with Crippen molar-refractivity contribution >= 4 is 0 Å². The van der Waals surface area contributed by atoms with Crippen LogP contribution >= 0.6 is 0 Å². The second-order valence-electron chi connectivity index (χ2n) is 4.25. The van der Waals surface area contributed by atoms with Crippen LogP contribution in [0.25, 0.3) is 0 Å². The summed E-state index contributed by atoms with van der Waals surface area (Å²) < 4.78 is 5.27. The van der Waals surface area contributed by atoms with E-state index in [-0.39, 0.29) is 12.0 Å². The van der Waals surface area contributed by atoms with Gasteiger partial charge in [0.1, 0.15) is 0 Å². The van der Waals surface area contributed by atoms with Crippen molar-refractivity contribution in [2.45, 2.75) is 38.2 Å². The van der Waals surface area contributed by atoms with Gasteiger partial charge >= 0.3 is 0 Å². The molecular formula is C13H19NO2. The van der Waals surface area contributed by atoms with Gasteiger partial charge in [0.25, 0.3) is 0 Å². The zero-order valence-electron chi connectivity index (χ0n) is 9.72. The maximum absolute atomic E-state index is 10.1. The van der Waals surface area contributed by atoms with E-state index in [1.54, 1.807) is 0 Å². The van der Waals surface area contributed by atoms with E-state index in [4.69, 9.17) is 4.74 Å². The lowest BCUT2D eigenvalue weighted by atomic mass is 9.97. The summed E-state index contributed by atoms with van der Waals surface area (Å²) in [5.41, 5.74) is 2.38. The maximum Gasteiger partial charge on any atom is 0.0646 e. The lowest BCUT2D eigenvalue weighted by molar-refractivity contribution is 0.0733. The number of pyridine rings is 1. The highest BCUT2D eigenvalue weighted by Gasteiger charge is 2.29. The van der Waals surface area contributed by atoms with Crippen molar-refractivity contribution in [2.24, 2.45) is 0 Å². The van der Waals surface area contributed by atoms with E-state index in [1.165, 1.54) is 5.56 Å². The van der Waals surface area contributed by atoms with Gasteiger partial charge in [0, 0.05) is 31.0 Å². The van der Waals surface area contributed by atoms with Crippen molar-refractivity contribution in [1.29, 1.82) is 0 Å². The Kier molecular flexibility index (Phi) is 3.91. The molecule has 16 heavy (non-hydrogen) atoms. The molecule has 2 atom stereocenters. The third-order valence-corrected chi connectivity index (χ3v) is 3.23. The molecule has 1 aliphatic carbocycles. The summed E-state index contributed by atoms with van der Waals surface area (Å²) in [4.78, 5) is 4.39. The number of fused-ring (bicyclic) bond motifs is 1. The Morgan fingerprint density at radius 2 is 2.50 bits per heavy atom. The largest absolute Gasteiger partial charge is 0.392 e. The molecule has 0 spiro atoms. The van der Waals surface area contributed by atoms with Crippen LogP contribution in [0.3, 0.4) is 0 Å². The smallest absolute Gasteiger partial charge is 0.0646 e. The van der Waals surface area contributed by atoms with Crippen molar-refractivity contribution < 1.29 is 9.84 Å². The van der Waals surface area contributed by atoms with Gasteiger partial charge < -0.3 is 9.84 Å². The van der Waals surface area contributed by atoms with Crippen LogP contribution in [0, 0.1) is 0 Å². The first kappa shape index (κ1) is 11.6. The lowest BCUT2D eigenvalue weighted by Crippen LogP contribution is -2.19. The van der Waals surface area contributed by atoms with E-state index in [0.717, 1.165) is 18.5 Å². The van der Waals surface area contributed by atoms with Crippen molar-refractivity contribution in [3.05, 3.63) is 29.6 Å². The topological polar surface area (TPSA) is 42.4 Å². The Morgan fingerprint density at radius 1 is 1.62 bits per heavy atom. The van der Waals surface area contributed by atoms with Crippen LogP contribution in [0.15, 0.2) is 18.3 Å². The molecule has 2 unspecified atom stereocenters. The molecule has 0 amide bonds. The second kappa shape index (κ2) is 5.41. The maximum atomic E-state index is 10.1.